The molecule has 6 heteroatoms. The van der Waals surface area contributed by atoms with Crippen LogP contribution in [0, 0.1) is 11.8 Å². The molecule has 2 aromatic heterocycles. The van der Waals surface area contributed by atoms with Crippen LogP contribution in [-0.2, 0) is 13.0 Å². The molecule has 144 valence electrons. The molecule has 0 atom stereocenters. The highest BCUT2D eigenvalue weighted by molar-refractivity contribution is 5.64. The lowest BCUT2D eigenvalue weighted by molar-refractivity contribution is 0.218. The maximum Gasteiger partial charge on any atom is 0.345 e. The number of aromatic nitrogens is 1. The highest BCUT2D eigenvalue weighted by atomic mass is 16.6. The predicted molar refractivity (Wildman–Crippen MR) is 102 cm³/mol. The van der Waals surface area contributed by atoms with Crippen LogP contribution in [0.25, 0.3) is 0 Å². The van der Waals surface area contributed by atoms with Crippen molar-refractivity contribution in [3.63, 3.8) is 0 Å². The van der Waals surface area contributed by atoms with Crippen LogP contribution in [0.15, 0.2) is 33.7 Å². The Hall–Kier alpha value is -2.50. The van der Waals surface area contributed by atoms with Crippen LogP contribution in [0.5, 0.6) is 11.7 Å². The summed E-state index contributed by atoms with van der Waals surface area (Å²) in [6.07, 6.45) is 10.9. The van der Waals surface area contributed by atoms with Crippen LogP contribution in [0.3, 0.4) is 0 Å². The molecule has 0 radical (unpaired) electrons. The average Bonchev–Trinajstić information content (AvgIpc) is 3.37. The molecule has 2 saturated carbocycles. The number of ether oxygens (including phenoxy) is 1. The first-order chi connectivity index (χ1) is 13.2. The highest BCUT2D eigenvalue weighted by Gasteiger charge is 2.27. The third kappa shape index (κ3) is 4.43. The van der Waals surface area contributed by atoms with Gasteiger partial charge in [0.2, 0.25) is 0 Å². The van der Waals surface area contributed by atoms with E-state index in [0.717, 1.165) is 24.9 Å². The molecule has 2 aromatic rings. The molecule has 4 rings (SSSR count). The summed E-state index contributed by atoms with van der Waals surface area (Å²) in [5, 5.41) is 14.1. The molecule has 0 saturated heterocycles. The zero-order valence-corrected chi connectivity index (χ0v) is 15.4. The molecule has 2 heterocycles. The summed E-state index contributed by atoms with van der Waals surface area (Å²) in [5.41, 5.74) is 1.13. The topological polar surface area (TPSA) is 84.6 Å². The van der Waals surface area contributed by atoms with Crippen molar-refractivity contribution in [1.82, 2.24) is 4.98 Å². The first-order valence-electron chi connectivity index (χ1n) is 9.85. The summed E-state index contributed by atoms with van der Waals surface area (Å²) in [6, 6.07) is 3.71. The fourth-order valence-corrected chi connectivity index (χ4v) is 3.68. The summed E-state index contributed by atoms with van der Waals surface area (Å²) in [5.74, 6) is 1.09. The normalized spacial score (nSPS) is 17.2. The summed E-state index contributed by atoms with van der Waals surface area (Å²) in [7, 11) is 0. The van der Waals surface area contributed by atoms with Crippen LogP contribution in [0.4, 0.5) is 5.69 Å². The Morgan fingerprint density at radius 2 is 2.04 bits per heavy atom. The molecule has 6 nitrogen and oxygen atoms in total. The Morgan fingerprint density at radius 3 is 2.74 bits per heavy atom. The van der Waals surface area contributed by atoms with E-state index in [0.29, 0.717) is 29.5 Å². The van der Waals surface area contributed by atoms with E-state index in [-0.39, 0.29) is 18.3 Å². The lowest BCUT2D eigenvalue weighted by atomic mass is 9.98. The van der Waals surface area contributed by atoms with E-state index in [9.17, 15) is 9.90 Å². The van der Waals surface area contributed by atoms with E-state index in [1.165, 1.54) is 25.7 Å². The van der Waals surface area contributed by atoms with Gasteiger partial charge in [0.25, 0.3) is 0 Å². The predicted octanol–water partition coefficient (Wildman–Crippen LogP) is 3.87. The molecule has 2 fully saturated rings. The molecule has 0 spiro atoms. The SMILES string of the molecule is O=c1oc(OCc2cccnc2)c(NCC2CC2)c(O)c1CC1CCCC1. The second kappa shape index (κ2) is 8.03. The number of rotatable bonds is 8. The van der Waals surface area contributed by atoms with E-state index in [2.05, 4.69) is 10.3 Å². The molecule has 2 aliphatic rings. The minimum atomic E-state index is -0.502. The quantitative estimate of drug-likeness (QED) is 0.734. The van der Waals surface area contributed by atoms with E-state index in [1.807, 2.05) is 12.1 Å². The fraction of sp³-hybridized carbons (Fsp3) is 0.524. The van der Waals surface area contributed by atoms with Crippen molar-refractivity contribution in [2.75, 3.05) is 11.9 Å². The maximum absolute atomic E-state index is 12.5. The molecule has 0 unspecified atom stereocenters. The minimum absolute atomic E-state index is 0.0139. The van der Waals surface area contributed by atoms with Crippen molar-refractivity contribution in [3.05, 3.63) is 46.1 Å². The van der Waals surface area contributed by atoms with Gasteiger partial charge in [-0.05, 0) is 37.2 Å². The van der Waals surface area contributed by atoms with Gasteiger partial charge in [0, 0.05) is 24.5 Å². The maximum atomic E-state index is 12.5. The van der Waals surface area contributed by atoms with E-state index >= 15 is 0 Å². The Bertz CT molecular complexity index is 824. The number of anilines is 1. The molecular formula is C21H26N2O4. The fourth-order valence-electron chi connectivity index (χ4n) is 3.68. The number of pyridine rings is 1. The van der Waals surface area contributed by atoms with Crippen molar-refractivity contribution in [2.24, 2.45) is 11.8 Å². The number of hydrogen-bond acceptors (Lipinski definition) is 6. The van der Waals surface area contributed by atoms with Gasteiger partial charge in [0.15, 0.2) is 11.4 Å². The van der Waals surface area contributed by atoms with Gasteiger partial charge in [0.05, 0.1) is 5.56 Å². The van der Waals surface area contributed by atoms with Gasteiger partial charge >= 0.3 is 11.6 Å². The molecule has 0 amide bonds. The van der Waals surface area contributed by atoms with Crippen LogP contribution < -0.4 is 15.7 Å². The zero-order valence-electron chi connectivity index (χ0n) is 15.4. The first-order valence-corrected chi connectivity index (χ1v) is 9.85. The van der Waals surface area contributed by atoms with Gasteiger partial charge in [-0.25, -0.2) is 4.79 Å². The number of aromatic hydroxyl groups is 1. The van der Waals surface area contributed by atoms with Gasteiger partial charge in [0.1, 0.15) is 6.61 Å². The van der Waals surface area contributed by atoms with Crippen molar-refractivity contribution in [2.45, 2.75) is 51.6 Å². The first kappa shape index (κ1) is 17.9. The van der Waals surface area contributed by atoms with E-state index in [4.69, 9.17) is 9.15 Å². The Balaban J connectivity index is 1.58. The van der Waals surface area contributed by atoms with E-state index in [1.54, 1.807) is 12.4 Å². The standard InChI is InChI=1S/C21H26N2O4/c24-19-17(10-14-4-1-2-5-14)20(25)27-21(18(19)23-12-15-7-8-15)26-13-16-6-3-9-22-11-16/h3,6,9,11,14-15,23-24H,1-2,4-5,7-8,10,12-13H2. The summed E-state index contributed by atoms with van der Waals surface area (Å²) in [4.78, 5) is 16.6. The van der Waals surface area contributed by atoms with Crippen molar-refractivity contribution >= 4 is 5.69 Å². The number of nitrogens with one attached hydrogen (secondary N) is 1. The highest BCUT2D eigenvalue weighted by Crippen LogP contribution is 2.39. The molecule has 0 aliphatic heterocycles. The number of nitrogens with zero attached hydrogens (tertiary/aromatic N) is 1. The lowest BCUT2D eigenvalue weighted by Gasteiger charge is -2.16. The smallest absolute Gasteiger partial charge is 0.345 e. The lowest BCUT2D eigenvalue weighted by Crippen LogP contribution is -2.16. The Morgan fingerprint density at radius 1 is 1.22 bits per heavy atom. The third-order valence-corrected chi connectivity index (χ3v) is 5.48. The van der Waals surface area contributed by atoms with Gasteiger partial charge in [-0.2, -0.15) is 0 Å². The molecule has 27 heavy (non-hydrogen) atoms. The summed E-state index contributed by atoms with van der Waals surface area (Å²) < 4.78 is 11.2. The van der Waals surface area contributed by atoms with Crippen molar-refractivity contribution in [3.8, 4) is 11.7 Å². The average molecular weight is 370 g/mol. The second-order valence-electron chi connectivity index (χ2n) is 7.71. The van der Waals surface area contributed by atoms with Gasteiger partial charge in [-0.15, -0.1) is 0 Å². The monoisotopic (exact) mass is 370 g/mol. The second-order valence-corrected chi connectivity index (χ2v) is 7.71. The van der Waals surface area contributed by atoms with Crippen LogP contribution in [0.1, 0.15) is 49.7 Å². The third-order valence-electron chi connectivity index (χ3n) is 5.48. The molecule has 2 aliphatic carbocycles. The molecule has 2 N–H and O–H groups in total. The van der Waals surface area contributed by atoms with Crippen LogP contribution in [-0.4, -0.2) is 16.6 Å². The Kier molecular flexibility index (Phi) is 5.32. The largest absolute Gasteiger partial charge is 0.505 e. The van der Waals surface area contributed by atoms with Crippen LogP contribution >= 0.6 is 0 Å². The molecule has 0 aromatic carbocycles. The number of hydrogen-bond donors (Lipinski definition) is 2. The van der Waals surface area contributed by atoms with Gasteiger partial charge < -0.3 is 19.6 Å². The van der Waals surface area contributed by atoms with Crippen molar-refractivity contribution < 1.29 is 14.3 Å². The summed E-state index contributed by atoms with van der Waals surface area (Å²) >= 11 is 0. The van der Waals surface area contributed by atoms with Crippen molar-refractivity contribution in [1.29, 1.82) is 0 Å². The molecular weight excluding hydrogens is 344 g/mol. The summed E-state index contributed by atoms with van der Waals surface area (Å²) in [6.45, 7) is 0.962. The Labute approximate surface area is 158 Å². The van der Waals surface area contributed by atoms with Crippen LogP contribution in [0.2, 0.25) is 0 Å². The minimum Gasteiger partial charge on any atom is -0.505 e. The van der Waals surface area contributed by atoms with Gasteiger partial charge in [-0.1, -0.05) is 31.7 Å². The zero-order chi connectivity index (χ0) is 18.6. The molecule has 0 bridgehead atoms. The van der Waals surface area contributed by atoms with Gasteiger partial charge in [-0.3, -0.25) is 4.98 Å². The van der Waals surface area contributed by atoms with E-state index < -0.39 is 5.63 Å².